The Morgan fingerprint density at radius 1 is 1.11 bits per heavy atom. The SMILES string of the molecule is Cc1ccc(Oc2ccccc2NC(=O)COC(=O)C2(C)CC2(Cl)Cl)cc1. The van der Waals surface area contributed by atoms with E-state index in [9.17, 15) is 9.59 Å². The predicted octanol–water partition coefficient (Wildman–Crippen LogP) is 4.85. The maximum Gasteiger partial charge on any atom is 0.315 e. The van der Waals surface area contributed by atoms with Crippen LogP contribution >= 0.6 is 23.2 Å². The molecule has 0 aromatic heterocycles. The van der Waals surface area contributed by atoms with E-state index in [0.29, 0.717) is 23.6 Å². The number of halogens is 2. The van der Waals surface area contributed by atoms with Crippen LogP contribution in [0.15, 0.2) is 48.5 Å². The van der Waals surface area contributed by atoms with Crippen LogP contribution in [0.25, 0.3) is 0 Å². The minimum Gasteiger partial charge on any atom is -0.455 e. The number of carbonyl (C=O) groups is 2. The summed E-state index contributed by atoms with van der Waals surface area (Å²) in [6, 6.07) is 14.6. The van der Waals surface area contributed by atoms with Crippen molar-refractivity contribution in [1.29, 1.82) is 0 Å². The average Bonchev–Trinajstić information content (AvgIpc) is 3.15. The van der Waals surface area contributed by atoms with Crippen LogP contribution in [-0.2, 0) is 14.3 Å². The first kappa shape index (κ1) is 19.5. The largest absolute Gasteiger partial charge is 0.455 e. The van der Waals surface area contributed by atoms with Crippen LogP contribution in [-0.4, -0.2) is 22.8 Å². The van der Waals surface area contributed by atoms with Gasteiger partial charge in [-0.2, -0.15) is 0 Å². The van der Waals surface area contributed by atoms with Crippen molar-refractivity contribution in [3.05, 3.63) is 54.1 Å². The molecule has 1 atom stereocenters. The van der Waals surface area contributed by atoms with E-state index in [1.807, 2.05) is 31.2 Å². The number of hydrogen-bond acceptors (Lipinski definition) is 4. The number of para-hydroxylation sites is 2. The quantitative estimate of drug-likeness (QED) is 0.548. The molecular weight excluding hydrogens is 389 g/mol. The van der Waals surface area contributed by atoms with E-state index in [2.05, 4.69) is 5.32 Å². The summed E-state index contributed by atoms with van der Waals surface area (Å²) in [7, 11) is 0. The smallest absolute Gasteiger partial charge is 0.315 e. The van der Waals surface area contributed by atoms with Crippen LogP contribution < -0.4 is 10.1 Å². The van der Waals surface area contributed by atoms with Crippen LogP contribution in [0.1, 0.15) is 18.9 Å². The van der Waals surface area contributed by atoms with Crippen molar-refractivity contribution in [2.24, 2.45) is 5.41 Å². The van der Waals surface area contributed by atoms with Crippen molar-refractivity contribution in [2.45, 2.75) is 24.6 Å². The van der Waals surface area contributed by atoms with Crippen molar-refractivity contribution < 1.29 is 19.1 Å². The summed E-state index contributed by atoms with van der Waals surface area (Å²) in [6.45, 7) is 3.16. The van der Waals surface area contributed by atoms with Gasteiger partial charge in [0.05, 0.1) is 5.69 Å². The Balaban J connectivity index is 1.60. The molecule has 0 radical (unpaired) electrons. The highest BCUT2D eigenvalue weighted by molar-refractivity contribution is 6.53. The molecule has 1 aliphatic carbocycles. The van der Waals surface area contributed by atoms with Crippen LogP contribution in [0.5, 0.6) is 11.5 Å². The Labute approximate surface area is 167 Å². The fourth-order valence-corrected chi connectivity index (χ4v) is 3.18. The minimum atomic E-state index is -1.13. The molecule has 1 aliphatic rings. The second-order valence-corrected chi connectivity index (χ2v) is 8.23. The Morgan fingerprint density at radius 3 is 2.37 bits per heavy atom. The van der Waals surface area contributed by atoms with Gasteiger partial charge in [0, 0.05) is 6.42 Å². The lowest BCUT2D eigenvalue weighted by Gasteiger charge is -2.14. The molecular formula is C20H19Cl2NO4. The molecule has 0 aliphatic heterocycles. The standard InChI is InChI=1S/C20H19Cl2NO4/c1-13-7-9-14(10-8-13)27-16-6-4-3-5-15(16)23-17(24)11-26-18(25)19(2)12-20(19,21)22/h3-10H,11-12H2,1-2H3,(H,23,24). The Morgan fingerprint density at radius 2 is 1.74 bits per heavy atom. The molecule has 1 fully saturated rings. The lowest BCUT2D eigenvalue weighted by molar-refractivity contribution is -0.152. The minimum absolute atomic E-state index is 0.302. The van der Waals surface area contributed by atoms with Crippen LogP contribution in [0.2, 0.25) is 0 Å². The number of carbonyl (C=O) groups excluding carboxylic acids is 2. The van der Waals surface area contributed by atoms with Gasteiger partial charge in [-0.1, -0.05) is 29.8 Å². The zero-order valence-electron chi connectivity index (χ0n) is 14.9. The van der Waals surface area contributed by atoms with E-state index >= 15 is 0 Å². The van der Waals surface area contributed by atoms with Gasteiger partial charge in [-0.05, 0) is 38.1 Å². The van der Waals surface area contributed by atoms with Gasteiger partial charge in [0.25, 0.3) is 5.91 Å². The molecule has 1 amide bonds. The van der Waals surface area contributed by atoms with Gasteiger partial charge in [0.15, 0.2) is 12.4 Å². The fraction of sp³-hybridized carbons (Fsp3) is 0.300. The van der Waals surface area contributed by atoms with Gasteiger partial charge in [-0.15, -0.1) is 23.2 Å². The summed E-state index contributed by atoms with van der Waals surface area (Å²) < 4.78 is 9.74. The number of rotatable bonds is 6. The molecule has 7 heteroatoms. The second-order valence-electron chi connectivity index (χ2n) is 6.75. The number of aryl methyl sites for hydroxylation is 1. The number of esters is 1. The van der Waals surface area contributed by atoms with E-state index in [1.54, 1.807) is 31.2 Å². The molecule has 0 saturated heterocycles. The highest BCUT2D eigenvalue weighted by Gasteiger charge is 2.69. The molecule has 0 bridgehead atoms. The third kappa shape index (κ3) is 4.37. The first-order chi connectivity index (χ1) is 12.7. The van der Waals surface area contributed by atoms with Gasteiger partial charge in [-0.25, -0.2) is 0 Å². The highest BCUT2D eigenvalue weighted by atomic mass is 35.5. The fourth-order valence-electron chi connectivity index (χ4n) is 2.49. The molecule has 2 aromatic carbocycles. The van der Waals surface area contributed by atoms with Gasteiger partial charge in [0.1, 0.15) is 15.5 Å². The van der Waals surface area contributed by atoms with Crippen molar-refractivity contribution in [2.75, 3.05) is 11.9 Å². The van der Waals surface area contributed by atoms with Crippen molar-refractivity contribution in [1.82, 2.24) is 0 Å². The second kappa shape index (κ2) is 7.41. The number of alkyl halides is 2. The van der Waals surface area contributed by atoms with Crippen LogP contribution in [0, 0.1) is 12.3 Å². The molecule has 1 saturated carbocycles. The zero-order valence-corrected chi connectivity index (χ0v) is 16.4. The number of nitrogens with one attached hydrogen (secondary N) is 1. The zero-order chi connectivity index (χ0) is 19.7. The third-order valence-electron chi connectivity index (χ3n) is 4.45. The Kier molecular flexibility index (Phi) is 5.36. The van der Waals surface area contributed by atoms with E-state index in [-0.39, 0.29) is 0 Å². The maximum absolute atomic E-state index is 12.2. The van der Waals surface area contributed by atoms with Crippen LogP contribution in [0.4, 0.5) is 5.69 Å². The van der Waals surface area contributed by atoms with E-state index in [1.165, 1.54) is 0 Å². The highest BCUT2D eigenvalue weighted by Crippen LogP contribution is 2.64. The molecule has 1 unspecified atom stereocenters. The Hall–Kier alpha value is -2.24. The number of ether oxygens (including phenoxy) is 2. The number of benzene rings is 2. The van der Waals surface area contributed by atoms with Crippen molar-refractivity contribution in [3.8, 4) is 11.5 Å². The normalized spacial score (nSPS) is 19.9. The van der Waals surface area contributed by atoms with Gasteiger partial charge in [-0.3, -0.25) is 9.59 Å². The molecule has 142 valence electrons. The number of amides is 1. The lowest BCUT2D eigenvalue weighted by atomic mass is 10.1. The van der Waals surface area contributed by atoms with Gasteiger partial charge < -0.3 is 14.8 Å². The monoisotopic (exact) mass is 407 g/mol. The summed E-state index contributed by atoms with van der Waals surface area (Å²) >= 11 is 11.9. The number of anilines is 1. The summed E-state index contributed by atoms with van der Waals surface area (Å²) in [6.07, 6.45) is 0.302. The molecule has 0 spiro atoms. The van der Waals surface area contributed by atoms with E-state index in [0.717, 1.165) is 5.56 Å². The first-order valence-electron chi connectivity index (χ1n) is 8.40. The predicted molar refractivity (Wildman–Crippen MR) is 104 cm³/mol. The van der Waals surface area contributed by atoms with E-state index < -0.39 is 28.2 Å². The summed E-state index contributed by atoms with van der Waals surface area (Å²) in [5.74, 6) is 0.0563. The molecule has 3 rings (SSSR count). The molecule has 27 heavy (non-hydrogen) atoms. The average molecular weight is 408 g/mol. The maximum atomic E-state index is 12.2. The summed E-state index contributed by atoms with van der Waals surface area (Å²) in [4.78, 5) is 24.2. The van der Waals surface area contributed by atoms with Gasteiger partial charge >= 0.3 is 5.97 Å². The third-order valence-corrected chi connectivity index (χ3v) is 5.55. The van der Waals surface area contributed by atoms with Crippen LogP contribution in [0.3, 0.4) is 0 Å². The lowest BCUT2D eigenvalue weighted by Crippen LogP contribution is -2.26. The molecule has 5 nitrogen and oxygen atoms in total. The molecule has 1 N–H and O–H groups in total. The number of hydrogen-bond donors (Lipinski definition) is 1. The Bertz CT molecular complexity index is 867. The van der Waals surface area contributed by atoms with Crippen molar-refractivity contribution in [3.63, 3.8) is 0 Å². The summed E-state index contributed by atoms with van der Waals surface area (Å²) in [5.41, 5.74) is 0.622. The molecule has 2 aromatic rings. The summed E-state index contributed by atoms with van der Waals surface area (Å²) in [5, 5.41) is 2.68. The molecule has 0 heterocycles. The first-order valence-corrected chi connectivity index (χ1v) is 9.15. The van der Waals surface area contributed by atoms with Crippen molar-refractivity contribution >= 4 is 40.8 Å². The van der Waals surface area contributed by atoms with Gasteiger partial charge in [0.2, 0.25) is 0 Å². The topological polar surface area (TPSA) is 64.6 Å². The van der Waals surface area contributed by atoms with E-state index in [4.69, 9.17) is 32.7 Å².